The minimum atomic E-state index is -0.321. The zero-order valence-corrected chi connectivity index (χ0v) is 19.4. The minimum absolute atomic E-state index is 0.150. The molecule has 3 aliphatic rings. The Labute approximate surface area is 192 Å². The molecule has 0 radical (unpaired) electrons. The quantitative estimate of drug-likeness (QED) is 0.362. The Bertz CT molecular complexity index is 1020. The number of amides is 1. The summed E-state index contributed by atoms with van der Waals surface area (Å²) in [6.07, 6.45) is 7.55. The van der Waals surface area contributed by atoms with Crippen LogP contribution in [0.5, 0.6) is 0 Å². The van der Waals surface area contributed by atoms with Crippen LogP contribution in [0.4, 0.5) is 0 Å². The normalized spacial score (nSPS) is 26.7. The second kappa shape index (κ2) is 9.34. The molecule has 3 heterocycles. The summed E-state index contributed by atoms with van der Waals surface area (Å²) in [4.78, 5) is 37.6. The average Bonchev–Trinajstić information content (AvgIpc) is 3.54. The standard InChI is InChI=1S/C22H30N8O3/c1-15-19(13-33-20(15)31)29-10-9-22(21(29)32)7-5-18(6-8-22)28(4)12-17(23-3)11-24-16(2)30-14-25-26-27-30/h11,14,18H,3,5-10,12-13H2,1-2,4H3/b17-11-,24-16?. The van der Waals surface area contributed by atoms with Gasteiger partial charge in [0.2, 0.25) is 5.91 Å². The van der Waals surface area contributed by atoms with Crippen molar-refractivity contribution < 1.29 is 14.3 Å². The molecule has 0 atom stereocenters. The average molecular weight is 455 g/mol. The van der Waals surface area contributed by atoms with Gasteiger partial charge in [-0.3, -0.25) is 14.7 Å². The molecule has 33 heavy (non-hydrogen) atoms. The van der Waals surface area contributed by atoms with E-state index in [4.69, 9.17) is 4.74 Å². The molecule has 4 rings (SSSR count). The van der Waals surface area contributed by atoms with Crippen molar-refractivity contribution in [2.24, 2.45) is 15.4 Å². The van der Waals surface area contributed by atoms with Gasteiger partial charge in [-0.05, 0) is 70.1 Å². The van der Waals surface area contributed by atoms with Gasteiger partial charge in [0, 0.05) is 19.1 Å². The lowest BCUT2D eigenvalue weighted by atomic mass is 9.71. The lowest BCUT2D eigenvalue weighted by Crippen LogP contribution is -2.43. The molecule has 0 aromatic carbocycles. The molecular weight excluding hydrogens is 424 g/mol. The van der Waals surface area contributed by atoms with E-state index in [9.17, 15) is 9.59 Å². The van der Waals surface area contributed by atoms with Gasteiger partial charge in [0.15, 0.2) is 0 Å². The number of cyclic esters (lactones) is 1. The van der Waals surface area contributed by atoms with Crippen LogP contribution in [0.25, 0.3) is 0 Å². The number of esters is 1. The third kappa shape index (κ3) is 4.50. The molecule has 1 aromatic heterocycles. The van der Waals surface area contributed by atoms with Crippen LogP contribution in [0.2, 0.25) is 0 Å². The summed E-state index contributed by atoms with van der Waals surface area (Å²) in [7, 11) is 2.07. The second-order valence-corrected chi connectivity index (χ2v) is 8.99. The van der Waals surface area contributed by atoms with Crippen molar-refractivity contribution in [3.05, 3.63) is 29.5 Å². The molecule has 1 saturated heterocycles. The number of aromatic nitrogens is 4. The highest BCUT2D eigenvalue weighted by Crippen LogP contribution is 2.47. The first-order valence-electron chi connectivity index (χ1n) is 11.2. The van der Waals surface area contributed by atoms with Crippen molar-refractivity contribution in [2.75, 3.05) is 26.7 Å². The Morgan fingerprint density at radius 2 is 2.12 bits per heavy atom. The van der Waals surface area contributed by atoms with Crippen molar-refractivity contribution in [3.63, 3.8) is 0 Å². The predicted octanol–water partition coefficient (Wildman–Crippen LogP) is 1.41. The molecular formula is C22H30N8O3. The summed E-state index contributed by atoms with van der Waals surface area (Å²) < 4.78 is 6.59. The number of ether oxygens (including phenoxy) is 1. The molecule has 11 heteroatoms. The smallest absolute Gasteiger partial charge is 0.336 e. The molecule has 0 unspecified atom stereocenters. The zero-order valence-electron chi connectivity index (χ0n) is 19.4. The third-order valence-electron chi connectivity index (χ3n) is 7.15. The summed E-state index contributed by atoms with van der Waals surface area (Å²) in [6.45, 7) is 8.70. The number of nitrogens with zero attached hydrogens (tertiary/aromatic N) is 8. The molecule has 176 valence electrons. The van der Waals surface area contributed by atoms with E-state index in [-0.39, 0.29) is 23.9 Å². The summed E-state index contributed by atoms with van der Waals surface area (Å²) in [6, 6.07) is 0.351. The van der Waals surface area contributed by atoms with Crippen LogP contribution in [0.15, 0.2) is 39.5 Å². The monoisotopic (exact) mass is 454 g/mol. The van der Waals surface area contributed by atoms with Crippen molar-refractivity contribution in [2.45, 2.75) is 52.0 Å². The van der Waals surface area contributed by atoms with E-state index >= 15 is 0 Å². The Morgan fingerprint density at radius 3 is 2.73 bits per heavy atom. The molecule has 1 aromatic rings. The fraction of sp³-hybridized carbons (Fsp3) is 0.591. The van der Waals surface area contributed by atoms with Crippen molar-refractivity contribution in [3.8, 4) is 0 Å². The largest absolute Gasteiger partial charge is 0.456 e. The number of rotatable bonds is 6. The number of likely N-dealkylation sites (tertiary alicyclic amines) is 1. The highest BCUT2D eigenvalue weighted by Gasteiger charge is 2.50. The van der Waals surface area contributed by atoms with Crippen LogP contribution in [0, 0.1) is 5.41 Å². The Morgan fingerprint density at radius 1 is 1.36 bits per heavy atom. The fourth-order valence-electron chi connectivity index (χ4n) is 4.94. The van der Waals surface area contributed by atoms with Gasteiger partial charge in [-0.25, -0.2) is 9.79 Å². The number of carbonyl (C=O) groups excluding carboxylic acids is 2. The van der Waals surface area contributed by atoms with Crippen LogP contribution in [-0.4, -0.2) is 87.2 Å². The number of likely N-dealkylation sites (N-methyl/N-ethyl adjacent to an activating group) is 1. The van der Waals surface area contributed by atoms with Crippen molar-refractivity contribution >= 4 is 24.4 Å². The maximum atomic E-state index is 13.3. The maximum absolute atomic E-state index is 13.3. The molecule has 1 saturated carbocycles. The van der Waals surface area contributed by atoms with E-state index in [1.165, 1.54) is 11.0 Å². The predicted molar refractivity (Wildman–Crippen MR) is 121 cm³/mol. The maximum Gasteiger partial charge on any atom is 0.336 e. The van der Waals surface area contributed by atoms with Gasteiger partial charge in [-0.15, -0.1) is 5.10 Å². The van der Waals surface area contributed by atoms with Gasteiger partial charge in [0.05, 0.1) is 28.6 Å². The van der Waals surface area contributed by atoms with Gasteiger partial charge in [0.25, 0.3) is 0 Å². The first-order chi connectivity index (χ1) is 15.8. The van der Waals surface area contributed by atoms with Crippen molar-refractivity contribution in [1.82, 2.24) is 30.0 Å². The lowest BCUT2D eigenvalue weighted by molar-refractivity contribution is -0.138. The molecule has 1 spiro atoms. The van der Waals surface area contributed by atoms with Crippen LogP contribution in [0.1, 0.15) is 46.0 Å². The summed E-state index contributed by atoms with van der Waals surface area (Å²) in [5, 5.41) is 11.0. The number of hydrogen-bond donors (Lipinski definition) is 0. The molecule has 1 aliphatic carbocycles. The highest BCUT2D eigenvalue weighted by molar-refractivity contribution is 5.94. The van der Waals surface area contributed by atoms with Crippen LogP contribution >= 0.6 is 0 Å². The summed E-state index contributed by atoms with van der Waals surface area (Å²) >= 11 is 0. The van der Waals surface area contributed by atoms with E-state index < -0.39 is 0 Å². The lowest BCUT2D eigenvalue weighted by Gasteiger charge is -2.39. The van der Waals surface area contributed by atoms with E-state index in [1.54, 1.807) is 18.0 Å². The number of tetrazole rings is 1. The molecule has 0 N–H and O–H groups in total. The van der Waals surface area contributed by atoms with E-state index in [0.717, 1.165) is 43.5 Å². The Balaban J connectivity index is 1.35. The van der Waals surface area contributed by atoms with Crippen LogP contribution in [0.3, 0.4) is 0 Å². The third-order valence-corrected chi connectivity index (χ3v) is 7.15. The van der Waals surface area contributed by atoms with Gasteiger partial charge in [-0.2, -0.15) is 4.68 Å². The summed E-state index contributed by atoms with van der Waals surface area (Å²) in [5.41, 5.74) is 1.73. The topological polar surface area (TPSA) is 118 Å². The van der Waals surface area contributed by atoms with Gasteiger partial charge in [-0.1, -0.05) is 0 Å². The highest BCUT2D eigenvalue weighted by atomic mass is 16.5. The number of aliphatic imine (C=N–C) groups is 2. The SMILES string of the molecule is C=N/C(=C\N=C(C)n1cnnn1)CN(C)C1CCC2(CC1)CCN(C1=C(C)C(=O)OC1)C2=O. The van der Waals surface area contributed by atoms with Gasteiger partial charge < -0.3 is 9.64 Å². The van der Waals surface area contributed by atoms with Crippen molar-refractivity contribution in [1.29, 1.82) is 0 Å². The Hall–Kier alpha value is -3.21. The van der Waals surface area contributed by atoms with E-state index in [1.807, 2.05) is 6.92 Å². The van der Waals surface area contributed by atoms with E-state index in [0.29, 0.717) is 30.5 Å². The molecule has 0 bridgehead atoms. The van der Waals surface area contributed by atoms with Gasteiger partial charge >= 0.3 is 5.97 Å². The first kappa shape index (κ1) is 23.0. The van der Waals surface area contributed by atoms with Gasteiger partial charge in [0.1, 0.15) is 18.8 Å². The molecule has 1 amide bonds. The first-order valence-corrected chi connectivity index (χ1v) is 11.2. The molecule has 11 nitrogen and oxygen atoms in total. The van der Waals surface area contributed by atoms with Crippen LogP contribution < -0.4 is 0 Å². The number of carbonyl (C=O) groups is 2. The van der Waals surface area contributed by atoms with E-state index in [2.05, 4.69) is 44.2 Å². The number of hydrogen-bond acceptors (Lipinski definition) is 9. The van der Waals surface area contributed by atoms with Crippen LogP contribution in [-0.2, 0) is 14.3 Å². The zero-order chi connectivity index (χ0) is 23.6. The minimum Gasteiger partial charge on any atom is -0.456 e. The second-order valence-electron chi connectivity index (χ2n) is 8.99. The molecule has 2 fully saturated rings. The summed E-state index contributed by atoms with van der Waals surface area (Å²) in [5.74, 6) is 0.464. The fourth-order valence-corrected chi connectivity index (χ4v) is 4.94. The Kier molecular flexibility index (Phi) is 6.50. The molecule has 2 aliphatic heterocycles.